The van der Waals surface area contributed by atoms with Crippen molar-refractivity contribution in [3.63, 3.8) is 0 Å². The molecule has 11 heavy (non-hydrogen) atoms. The van der Waals surface area contributed by atoms with Crippen molar-refractivity contribution in [1.82, 2.24) is 0 Å². The first-order chi connectivity index (χ1) is 5.34. The van der Waals surface area contributed by atoms with Crippen LogP contribution in [0.25, 0.3) is 0 Å². The Morgan fingerprint density at radius 3 is 2.45 bits per heavy atom. The molecular formula is C9H10N2. The maximum atomic E-state index is 7.48. The molecule has 0 aliphatic heterocycles. The van der Waals surface area contributed by atoms with Gasteiger partial charge in [-0.2, -0.15) is 0 Å². The van der Waals surface area contributed by atoms with E-state index in [1.807, 2.05) is 30.3 Å². The van der Waals surface area contributed by atoms with Gasteiger partial charge in [-0.3, -0.25) is 0 Å². The van der Waals surface area contributed by atoms with E-state index in [1.165, 1.54) is 6.21 Å². The number of hydrogen-bond acceptors (Lipinski definition) is 2. The fourth-order valence-corrected chi connectivity index (χ4v) is 0.859. The Morgan fingerprint density at radius 2 is 1.91 bits per heavy atom. The standard InChI is InChI=1S/C9H10N2/c10-7-6-9(11)8-4-2-1-3-5-8/h1-5,7,10-11H,6H2. The SMILES string of the molecule is N=CCC(=N)c1ccccc1. The lowest BCUT2D eigenvalue weighted by atomic mass is 10.1. The highest BCUT2D eigenvalue weighted by Crippen LogP contribution is 2.00. The van der Waals surface area contributed by atoms with Gasteiger partial charge in [0, 0.05) is 18.3 Å². The van der Waals surface area contributed by atoms with Crippen molar-refractivity contribution in [1.29, 1.82) is 10.8 Å². The first-order valence-corrected chi connectivity index (χ1v) is 3.46. The lowest BCUT2D eigenvalue weighted by Crippen LogP contribution is -1.97. The summed E-state index contributed by atoms with van der Waals surface area (Å²) in [5.74, 6) is 0. The summed E-state index contributed by atoms with van der Waals surface area (Å²) in [4.78, 5) is 0. The average molecular weight is 146 g/mol. The highest BCUT2D eigenvalue weighted by Gasteiger charge is 1.95. The second kappa shape index (κ2) is 3.66. The largest absolute Gasteiger partial charge is 0.313 e. The molecule has 0 heterocycles. The Morgan fingerprint density at radius 1 is 1.27 bits per heavy atom. The van der Waals surface area contributed by atoms with Gasteiger partial charge < -0.3 is 10.8 Å². The Hall–Kier alpha value is -1.44. The molecule has 0 aromatic heterocycles. The normalized spacial score (nSPS) is 9.09. The number of hydrogen-bond donors (Lipinski definition) is 2. The Kier molecular flexibility index (Phi) is 2.55. The van der Waals surface area contributed by atoms with Crippen LogP contribution in [0, 0.1) is 10.8 Å². The van der Waals surface area contributed by atoms with Crippen LogP contribution in [0.5, 0.6) is 0 Å². The molecule has 1 aromatic carbocycles. The zero-order valence-corrected chi connectivity index (χ0v) is 6.17. The molecular weight excluding hydrogens is 136 g/mol. The van der Waals surface area contributed by atoms with Crippen LogP contribution in [0.2, 0.25) is 0 Å². The number of benzene rings is 1. The van der Waals surface area contributed by atoms with Gasteiger partial charge in [0.1, 0.15) is 0 Å². The van der Waals surface area contributed by atoms with Gasteiger partial charge in [0.15, 0.2) is 0 Å². The van der Waals surface area contributed by atoms with Crippen LogP contribution in [0.15, 0.2) is 30.3 Å². The van der Waals surface area contributed by atoms with Crippen molar-refractivity contribution < 1.29 is 0 Å². The highest BCUT2D eigenvalue weighted by molar-refractivity contribution is 6.04. The van der Waals surface area contributed by atoms with Crippen molar-refractivity contribution in [3.8, 4) is 0 Å². The quantitative estimate of drug-likeness (QED) is 0.613. The van der Waals surface area contributed by atoms with Crippen molar-refractivity contribution in [2.75, 3.05) is 0 Å². The minimum Gasteiger partial charge on any atom is -0.313 e. The smallest absolute Gasteiger partial charge is 0.0439 e. The van der Waals surface area contributed by atoms with Crippen molar-refractivity contribution >= 4 is 11.9 Å². The van der Waals surface area contributed by atoms with E-state index in [2.05, 4.69) is 0 Å². The van der Waals surface area contributed by atoms with Gasteiger partial charge in [0.2, 0.25) is 0 Å². The van der Waals surface area contributed by atoms with Gasteiger partial charge in [-0.15, -0.1) is 0 Å². The molecule has 0 atom stereocenters. The second-order valence-corrected chi connectivity index (χ2v) is 2.25. The van der Waals surface area contributed by atoms with E-state index in [9.17, 15) is 0 Å². The number of nitrogens with one attached hydrogen (secondary N) is 2. The average Bonchev–Trinajstić information content (AvgIpc) is 2.07. The first-order valence-electron chi connectivity index (χ1n) is 3.46. The van der Waals surface area contributed by atoms with Crippen LogP contribution in [0.4, 0.5) is 0 Å². The minimum absolute atomic E-state index is 0.421. The highest BCUT2D eigenvalue weighted by atomic mass is 14.4. The zero-order valence-electron chi connectivity index (χ0n) is 6.17. The molecule has 2 N–H and O–H groups in total. The molecule has 0 bridgehead atoms. The van der Waals surface area contributed by atoms with Gasteiger partial charge in [0.05, 0.1) is 0 Å². The predicted octanol–water partition coefficient (Wildman–Crippen LogP) is 2.09. The summed E-state index contributed by atoms with van der Waals surface area (Å²) in [7, 11) is 0. The molecule has 1 rings (SSSR count). The van der Waals surface area contributed by atoms with Crippen LogP contribution < -0.4 is 0 Å². The van der Waals surface area contributed by atoms with Crippen molar-refractivity contribution in [2.45, 2.75) is 6.42 Å². The van der Waals surface area contributed by atoms with E-state index in [4.69, 9.17) is 10.8 Å². The Labute approximate surface area is 65.9 Å². The van der Waals surface area contributed by atoms with Crippen LogP contribution >= 0.6 is 0 Å². The third kappa shape index (κ3) is 2.00. The molecule has 0 fully saturated rings. The lowest BCUT2D eigenvalue weighted by molar-refractivity contribution is 1.38. The summed E-state index contributed by atoms with van der Waals surface area (Å²) in [6.07, 6.45) is 1.67. The molecule has 0 radical (unpaired) electrons. The third-order valence-corrected chi connectivity index (χ3v) is 1.43. The molecule has 0 unspecified atom stereocenters. The molecule has 0 spiro atoms. The molecule has 2 nitrogen and oxygen atoms in total. The summed E-state index contributed by atoms with van der Waals surface area (Å²) >= 11 is 0. The third-order valence-electron chi connectivity index (χ3n) is 1.43. The molecule has 0 saturated heterocycles. The maximum absolute atomic E-state index is 7.48. The molecule has 0 amide bonds. The molecule has 1 aromatic rings. The first kappa shape index (κ1) is 7.66. The number of rotatable bonds is 3. The Bertz CT molecular complexity index is 252. The van der Waals surface area contributed by atoms with Crippen LogP contribution in [-0.4, -0.2) is 11.9 Å². The predicted molar refractivity (Wildman–Crippen MR) is 46.7 cm³/mol. The summed E-state index contributed by atoms with van der Waals surface area (Å²) < 4.78 is 0. The summed E-state index contributed by atoms with van der Waals surface area (Å²) in [6, 6.07) is 9.47. The van der Waals surface area contributed by atoms with Gasteiger partial charge >= 0.3 is 0 Å². The van der Waals surface area contributed by atoms with Crippen LogP contribution in [-0.2, 0) is 0 Å². The van der Waals surface area contributed by atoms with Crippen molar-refractivity contribution in [3.05, 3.63) is 35.9 Å². The minimum atomic E-state index is 0.421. The summed E-state index contributed by atoms with van der Waals surface area (Å²) in [5, 5.41) is 14.3. The molecule has 0 saturated carbocycles. The molecule has 2 heteroatoms. The summed E-state index contributed by atoms with van der Waals surface area (Å²) in [6.45, 7) is 0. The summed E-state index contributed by atoms with van der Waals surface area (Å²) in [5.41, 5.74) is 1.40. The van der Waals surface area contributed by atoms with Gasteiger partial charge in [-0.1, -0.05) is 30.3 Å². The van der Waals surface area contributed by atoms with Gasteiger partial charge in [0.25, 0.3) is 0 Å². The molecule has 0 aliphatic carbocycles. The van der Waals surface area contributed by atoms with Gasteiger partial charge in [-0.25, -0.2) is 0 Å². The zero-order chi connectivity index (χ0) is 8.10. The molecule has 56 valence electrons. The van der Waals surface area contributed by atoms with Crippen molar-refractivity contribution in [2.24, 2.45) is 0 Å². The topological polar surface area (TPSA) is 47.7 Å². The van der Waals surface area contributed by atoms with Crippen LogP contribution in [0.1, 0.15) is 12.0 Å². The second-order valence-electron chi connectivity index (χ2n) is 2.25. The van der Waals surface area contributed by atoms with E-state index >= 15 is 0 Å². The Balaban J connectivity index is 2.77. The fourth-order valence-electron chi connectivity index (χ4n) is 0.859. The van der Waals surface area contributed by atoms with E-state index in [0.717, 1.165) is 5.56 Å². The monoisotopic (exact) mass is 146 g/mol. The van der Waals surface area contributed by atoms with Gasteiger partial charge in [-0.05, 0) is 5.56 Å². The fraction of sp³-hybridized carbons (Fsp3) is 0.111. The van der Waals surface area contributed by atoms with Crippen LogP contribution in [0.3, 0.4) is 0 Å². The van der Waals surface area contributed by atoms with E-state index in [1.54, 1.807) is 0 Å². The lowest BCUT2D eigenvalue weighted by Gasteiger charge is -1.97. The van der Waals surface area contributed by atoms with E-state index in [0.29, 0.717) is 12.1 Å². The molecule has 0 aliphatic rings. The van der Waals surface area contributed by atoms with E-state index < -0.39 is 0 Å². The van der Waals surface area contributed by atoms with E-state index in [-0.39, 0.29) is 0 Å². The maximum Gasteiger partial charge on any atom is 0.0439 e.